The largest absolute Gasteiger partial charge is 0.319 e. The van der Waals surface area contributed by atoms with Gasteiger partial charge in [0.15, 0.2) is 0 Å². The number of hydrogen-bond donors (Lipinski definition) is 1. The number of nitrogens with one attached hydrogen (secondary N) is 1. The smallest absolute Gasteiger partial charge is 0.265 e. The van der Waals surface area contributed by atoms with Crippen molar-refractivity contribution in [2.24, 2.45) is 0 Å². The minimum Gasteiger partial charge on any atom is -0.319 e. The quantitative estimate of drug-likeness (QED) is 0.540. The Hall–Kier alpha value is -3.06. The van der Waals surface area contributed by atoms with Gasteiger partial charge in [0, 0.05) is 5.39 Å². The van der Waals surface area contributed by atoms with Crippen LogP contribution in [0.2, 0.25) is 0 Å². The van der Waals surface area contributed by atoms with Gasteiger partial charge in [0.2, 0.25) is 0 Å². The Kier molecular flexibility index (Phi) is 4.45. The molecule has 27 heavy (non-hydrogen) atoms. The molecular weight excluding hydrogens is 368 g/mol. The fraction of sp³-hybridized carbons (Fsp3) is 0.100. The maximum atomic E-state index is 13.8. The van der Waals surface area contributed by atoms with E-state index in [0.29, 0.717) is 11.4 Å². The zero-order valence-electron chi connectivity index (χ0n) is 14.4. The number of aryl methyl sites for hydroxylation is 1. The lowest BCUT2D eigenvalue weighted by molar-refractivity contribution is 0.103. The third-order valence-electron chi connectivity index (χ3n) is 4.20. The van der Waals surface area contributed by atoms with Gasteiger partial charge in [-0.2, -0.15) is 5.10 Å². The molecule has 0 bridgehead atoms. The highest BCUT2D eigenvalue weighted by atomic mass is 32.1. The second-order valence-corrected chi connectivity index (χ2v) is 7.16. The molecule has 2 aromatic heterocycles. The molecule has 136 valence electrons. The fourth-order valence-electron chi connectivity index (χ4n) is 2.84. The number of carbonyl (C=O) groups excluding carboxylic acids is 1. The number of fused-ring (bicyclic) bond motifs is 1. The van der Waals surface area contributed by atoms with Crippen molar-refractivity contribution in [1.29, 1.82) is 0 Å². The summed E-state index contributed by atoms with van der Waals surface area (Å²) in [6.45, 7) is 2.34. The molecule has 0 unspecified atom stereocenters. The summed E-state index contributed by atoms with van der Waals surface area (Å²) in [7, 11) is 0. The van der Waals surface area contributed by atoms with Gasteiger partial charge < -0.3 is 5.32 Å². The van der Waals surface area contributed by atoms with Crippen molar-refractivity contribution in [2.75, 3.05) is 5.32 Å². The molecule has 1 N–H and O–H groups in total. The summed E-state index contributed by atoms with van der Waals surface area (Å²) in [5.41, 5.74) is 1.85. The Morgan fingerprint density at radius 3 is 2.63 bits per heavy atom. The van der Waals surface area contributed by atoms with Crippen LogP contribution in [0.3, 0.4) is 0 Å². The third-order valence-corrected chi connectivity index (χ3v) is 5.35. The first kappa shape index (κ1) is 17.4. The fourth-order valence-corrected chi connectivity index (χ4v) is 3.90. The van der Waals surface area contributed by atoms with Crippen LogP contribution in [0.15, 0.2) is 54.6 Å². The molecule has 0 radical (unpaired) electrons. The van der Waals surface area contributed by atoms with Gasteiger partial charge >= 0.3 is 0 Å². The molecule has 1 amide bonds. The molecule has 7 heteroatoms. The van der Waals surface area contributed by atoms with E-state index >= 15 is 0 Å². The lowest BCUT2D eigenvalue weighted by atomic mass is 10.2. The second kappa shape index (κ2) is 6.92. The van der Waals surface area contributed by atoms with Gasteiger partial charge in [0.1, 0.15) is 16.5 Å². The van der Waals surface area contributed by atoms with E-state index < -0.39 is 5.82 Å². The maximum absolute atomic E-state index is 13.8. The third kappa shape index (κ3) is 3.46. The van der Waals surface area contributed by atoms with Crippen LogP contribution in [0.5, 0.6) is 0 Å². The predicted molar refractivity (Wildman–Crippen MR) is 102 cm³/mol. The highest BCUT2D eigenvalue weighted by Gasteiger charge is 2.17. The standard InChI is InChI=1S/C20H15F2N3OS/c1-12-15-10-18(19(26)23-17-5-3-2-4-16(17)22)27-20(15)25(24-12)11-13-6-8-14(21)9-7-13/h2-10H,11H2,1H3,(H,23,26). The van der Waals surface area contributed by atoms with E-state index in [9.17, 15) is 13.6 Å². The van der Waals surface area contributed by atoms with Crippen molar-refractivity contribution < 1.29 is 13.6 Å². The number of thiophene rings is 1. The van der Waals surface area contributed by atoms with Gasteiger partial charge in [0.05, 0.1) is 22.8 Å². The van der Waals surface area contributed by atoms with Crippen LogP contribution >= 0.6 is 11.3 Å². The SMILES string of the molecule is Cc1nn(Cc2ccc(F)cc2)c2sc(C(=O)Nc3ccccc3F)cc12. The Morgan fingerprint density at radius 1 is 1.15 bits per heavy atom. The Balaban J connectivity index is 1.63. The number of aromatic nitrogens is 2. The van der Waals surface area contributed by atoms with E-state index in [2.05, 4.69) is 10.4 Å². The summed E-state index contributed by atoms with van der Waals surface area (Å²) < 4.78 is 28.6. The molecule has 0 saturated heterocycles. The van der Waals surface area contributed by atoms with Gasteiger partial charge in [-0.05, 0) is 42.8 Å². The highest BCUT2D eigenvalue weighted by molar-refractivity contribution is 7.20. The average molecular weight is 383 g/mol. The summed E-state index contributed by atoms with van der Waals surface area (Å²) in [5, 5.41) is 7.98. The number of amides is 1. The molecule has 0 saturated carbocycles. The first-order valence-electron chi connectivity index (χ1n) is 8.28. The molecule has 2 heterocycles. The van der Waals surface area contributed by atoms with E-state index in [1.165, 1.54) is 35.6 Å². The van der Waals surface area contributed by atoms with Crippen LogP contribution in [0.1, 0.15) is 20.9 Å². The maximum Gasteiger partial charge on any atom is 0.265 e. The average Bonchev–Trinajstić information content (AvgIpc) is 3.21. The van der Waals surface area contributed by atoms with Crippen LogP contribution in [-0.4, -0.2) is 15.7 Å². The van der Waals surface area contributed by atoms with Crippen molar-refractivity contribution in [1.82, 2.24) is 9.78 Å². The minimum atomic E-state index is -0.481. The number of halogens is 2. The molecule has 4 nitrogen and oxygen atoms in total. The van der Waals surface area contributed by atoms with Crippen molar-refractivity contribution >= 4 is 33.1 Å². The van der Waals surface area contributed by atoms with E-state index in [1.807, 2.05) is 6.92 Å². The molecule has 0 aliphatic heterocycles. The zero-order valence-corrected chi connectivity index (χ0v) is 15.2. The monoisotopic (exact) mass is 383 g/mol. The number of nitrogens with zero attached hydrogens (tertiary/aromatic N) is 2. The first-order valence-corrected chi connectivity index (χ1v) is 9.10. The second-order valence-electron chi connectivity index (χ2n) is 6.13. The van der Waals surface area contributed by atoms with Crippen LogP contribution in [-0.2, 0) is 6.54 Å². The summed E-state index contributed by atoms with van der Waals surface area (Å²) in [5.74, 6) is -1.14. The molecule has 0 aliphatic carbocycles. The number of rotatable bonds is 4. The van der Waals surface area contributed by atoms with Gasteiger partial charge in [0.25, 0.3) is 5.91 Å². The lowest BCUT2D eigenvalue weighted by Gasteiger charge is -2.04. The molecule has 0 fully saturated rings. The van der Waals surface area contributed by atoms with E-state index in [-0.39, 0.29) is 17.4 Å². The molecule has 0 aliphatic rings. The van der Waals surface area contributed by atoms with Crippen molar-refractivity contribution in [3.05, 3.63) is 82.4 Å². The van der Waals surface area contributed by atoms with Crippen LogP contribution in [0.4, 0.5) is 14.5 Å². The Morgan fingerprint density at radius 2 is 1.89 bits per heavy atom. The van der Waals surface area contributed by atoms with Crippen LogP contribution in [0.25, 0.3) is 10.2 Å². The molecule has 4 rings (SSSR count). The predicted octanol–water partition coefficient (Wildman–Crippen LogP) is 4.99. The Labute approximate surface area is 158 Å². The summed E-state index contributed by atoms with van der Waals surface area (Å²) in [4.78, 5) is 13.8. The topological polar surface area (TPSA) is 46.9 Å². The van der Waals surface area contributed by atoms with E-state index in [4.69, 9.17) is 0 Å². The summed E-state index contributed by atoms with van der Waals surface area (Å²) in [6.07, 6.45) is 0. The number of carbonyl (C=O) groups is 1. The van der Waals surface area contributed by atoms with Gasteiger partial charge in [-0.15, -0.1) is 11.3 Å². The van der Waals surface area contributed by atoms with Gasteiger partial charge in [-0.3, -0.25) is 9.48 Å². The van der Waals surface area contributed by atoms with Crippen molar-refractivity contribution in [3.63, 3.8) is 0 Å². The number of para-hydroxylation sites is 1. The highest BCUT2D eigenvalue weighted by Crippen LogP contribution is 2.29. The zero-order chi connectivity index (χ0) is 19.0. The van der Waals surface area contributed by atoms with E-state index in [1.54, 1.807) is 35.0 Å². The van der Waals surface area contributed by atoms with Gasteiger partial charge in [-0.25, -0.2) is 8.78 Å². The van der Waals surface area contributed by atoms with E-state index in [0.717, 1.165) is 21.5 Å². The first-order chi connectivity index (χ1) is 13.0. The molecular formula is C20H15F2N3OS. The molecule has 2 aromatic carbocycles. The van der Waals surface area contributed by atoms with Gasteiger partial charge in [-0.1, -0.05) is 24.3 Å². The minimum absolute atomic E-state index is 0.143. The number of benzene rings is 2. The lowest BCUT2D eigenvalue weighted by Crippen LogP contribution is -2.11. The summed E-state index contributed by atoms with van der Waals surface area (Å²) in [6, 6.07) is 14.0. The number of anilines is 1. The normalized spacial score (nSPS) is 11.1. The van der Waals surface area contributed by atoms with Crippen LogP contribution < -0.4 is 5.32 Å². The molecule has 0 spiro atoms. The molecule has 0 atom stereocenters. The van der Waals surface area contributed by atoms with Crippen molar-refractivity contribution in [2.45, 2.75) is 13.5 Å². The summed E-state index contributed by atoms with van der Waals surface area (Å²) >= 11 is 1.29. The number of hydrogen-bond acceptors (Lipinski definition) is 3. The van der Waals surface area contributed by atoms with Crippen molar-refractivity contribution in [3.8, 4) is 0 Å². The Bertz CT molecular complexity index is 1130. The van der Waals surface area contributed by atoms with Crippen LogP contribution in [0, 0.1) is 18.6 Å². The molecule has 4 aromatic rings.